The van der Waals surface area contributed by atoms with Gasteiger partial charge in [-0.2, -0.15) is 0 Å². The van der Waals surface area contributed by atoms with Crippen LogP contribution in [0.15, 0.2) is 57.9 Å². The number of benzene rings is 2. The first-order valence-electron chi connectivity index (χ1n) is 5.82. The van der Waals surface area contributed by atoms with Crippen LogP contribution in [0.2, 0.25) is 0 Å². The van der Waals surface area contributed by atoms with E-state index < -0.39 is 0 Å². The average Bonchev–Trinajstić information content (AvgIpc) is 2.37. The van der Waals surface area contributed by atoms with Crippen molar-refractivity contribution in [3.05, 3.63) is 58.6 Å². The van der Waals surface area contributed by atoms with Gasteiger partial charge in [0, 0.05) is 15.1 Å². The molecule has 3 heteroatoms. The maximum atomic E-state index is 5.68. The summed E-state index contributed by atoms with van der Waals surface area (Å²) in [7, 11) is 0. The minimum atomic E-state index is 0.717. The van der Waals surface area contributed by atoms with Gasteiger partial charge in [0.2, 0.25) is 0 Å². The number of hydrogen-bond acceptors (Lipinski definition) is 2. The summed E-state index contributed by atoms with van der Waals surface area (Å²) in [6.07, 6.45) is 0. The Labute approximate surface area is 121 Å². The summed E-state index contributed by atoms with van der Waals surface area (Å²) in [4.78, 5) is 1.29. The maximum absolute atomic E-state index is 5.68. The normalized spacial score (nSPS) is 10.3. The van der Waals surface area contributed by atoms with Gasteiger partial charge in [0.25, 0.3) is 0 Å². The molecular formula is C15H15BrOS. The minimum Gasteiger partial charge on any atom is -0.493 e. The Kier molecular flexibility index (Phi) is 5.14. The number of halogens is 1. The third kappa shape index (κ3) is 4.39. The molecule has 0 N–H and O–H groups in total. The van der Waals surface area contributed by atoms with Gasteiger partial charge in [-0.25, -0.2) is 0 Å². The van der Waals surface area contributed by atoms with Crippen molar-refractivity contribution in [1.82, 2.24) is 0 Å². The summed E-state index contributed by atoms with van der Waals surface area (Å²) in [5.74, 6) is 1.86. The molecule has 2 aromatic rings. The van der Waals surface area contributed by atoms with Gasteiger partial charge in [0.05, 0.1) is 6.61 Å². The molecule has 0 spiro atoms. The summed E-state index contributed by atoms with van der Waals surface area (Å²) in [6, 6.07) is 16.5. The van der Waals surface area contributed by atoms with Gasteiger partial charge in [0.1, 0.15) is 5.75 Å². The van der Waals surface area contributed by atoms with Crippen molar-refractivity contribution in [3.63, 3.8) is 0 Å². The number of hydrogen-bond donors (Lipinski definition) is 0. The maximum Gasteiger partial charge on any atom is 0.120 e. The number of rotatable bonds is 5. The fourth-order valence-corrected chi connectivity index (χ4v) is 2.62. The molecule has 1 nitrogen and oxygen atoms in total. The van der Waals surface area contributed by atoms with Crippen molar-refractivity contribution < 1.29 is 4.74 Å². The van der Waals surface area contributed by atoms with E-state index in [2.05, 4.69) is 47.1 Å². The lowest BCUT2D eigenvalue weighted by Crippen LogP contribution is -1.99. The lowest BCUT2D eigenvalue weighted by Gasteiger charge is -2.06. The quantitative estimate of drug-likeness (QED) is 0.570. The molecule has 94 valence electrons. The van der Waals surface area contributed by atoms with Gasteiger partial charge in [0.15, 0.2) is 0 Å². The summed E-state index contributed by atoms with van der Waals surface area (Å²) in [5.41, 5.74) is 1.30. The monoisotopic (exact) mass is 322 g/mol. The molecule has 0 saturated heterocycles. The first-order chi connectivity index (χ1) is 8.74. The summed E-state index contributed by atoms with van der Waals surface area (Å²) < 4.78 is 6.73. The van der Waals surface area contributed by atoms with E-state index in [0.29, 0.717) is 0 Å². The molecule has 0 bridgehead atoms. The number of aryl methyl sites for hydroxylation is 1. The molecule has 0 aliphatic carbocycles. The van der Waals surface area contributed by atoms with Crippen LogP contribution in [0.3, 0.4) is 0 Å². The molecule has 18 heavy (non-hydrogen) atoms. The number of ether oxygens (including phenoxy) is 1. The predicted octanol–water partition coefficient (Wildman–Crippen LogP) is 4.93. The average molecular weight is 323 g/mol. The highest BCUT2D eigenvalue weighted by molar-refractivity contribution is 9.10. The molecule has 0 aliphatic heterocycles. The highest BCUT2D eigenvalue weighted by atomic mass is 79.9. The fraction of sp³-hybridized carbons (Fsp3) is 0.200. The minimum absolute atomic E-state index is 0.717. The van der Waals surface area contributed by atoms with E-state index in [4.69, 9.17) is 4.74 Å². The van der Waals surface area contributed by atoms with E-state index in [9.17, 15) is 0 Å². The molecule has 2 aromatic carbocycles. The molecule has 0 atom stereocenters. The molecule has 0 aromatic heterocycles. The van der Waals surface area contributed by atoms with Gasteiger partial charge < -0.3 is 4.74 Å². The lowest BCUT2D eigenvalue weighted by atomic mass is 10.2. The molecule has 0 saturated carbocycles. The standard InChI is InChI=1S/C15H15BrOS/c1-12-5-7-15(8-6-12)18-10-9-17-14-4-2-3-13(16)11-14/h2-8,11H,9-10H2,1H3. The van der Waals surface area contributed by atoms with Gasteiger partial charge >= 0.3 is 0 Å². The van der Waals surface area contributed by atoms with E-state index in [1.54, 1.807) is 0 Å². The Hall–Kier alpha value is -0.930. The molecule has 0 unspecified atom stereocenters. The van der Waals surface area contributed by atoms with Crippen LogP contribution < -0.4 is 4.74 Å². The predicted molar refractivity (Wildman–Crippen MR) is 81.5 cm³/mol. The Balaban J connectivity index is 1.74. The molecule has 0 aliphatic rings. The number of thioether (sulfide) groups is 1. The zero-order valence-electron chi connectivity index (χ0n) is 10.2. The fourth-order valence-electron chi connectivity index (χ4n) is 1.51. The second-order valence-electron chi connectivity index (χ2n) is 3.97. The van der Waals surface area contributed by atoms with Crippen LogP contribution in [-0.4, -0.2) is 12.4 Å². The van der Waals surface area contributed by atoms with Crippen LogP contribution >= 0.6 is 27.7 Å². The SMILES string of the molecule is Cc1ccc(SCCOc2cccc(Br)c2)cc1. The van der Waals surface area contributed by atoms with Crippen molar-refractivity contribution >= 4 is 27.7 Å². The van der Waals surface area contributed by atoms with Gasteiger partial charge in [-0.3, -0.25) is 0 Å². The van der Waals surface area contributed by atoms with Crippen molar-refractivity contribution in [2.24, 2.45) is 0 Å². The lowest BCUT2D eigenvalue weighted by molar-refractivity contribution is 0.344. The second-order valence-corrected chi connectivity index (χ2v) is 6.05. The van der Waals surface area contributed by atoms with Crippen LogP contribution in [0.1, 0.15) is 5.56 Å². The summed E-state index contributed by atoms with van der Waals surface area (Å²) in [6.45, 7) is 2.82. The molecule has 0 amide bonds. The van der Waals surface area contributed by atoms with Crippen LogP contribution in [0.5, 0.6) is 5.75 Å². The Morgan fingerprint density at radius 1 is 1.11 bits per heavy atom. The van der Waals surface area contributed by atoms with E-state index in [0.717, 1.165) is 22.6 Å². The zero-order chi connectivity index (χ0) is 12.8. The Morgan fingerprint density at radius 2 is 1.89 bits per heavy atom. The first-order valence-corrected chi connectivity index (χ1v) is 7.60. The molecule has 0 heterocycles. The smallest absolute Gasteiger partial charge is 0.120 e. The zero-order valence-corrected chi connectivity index (χ0v) is 12.6. The van der Waals surface area contributed by atoms with Gasteiger partial charge in [-0.05, 0) is 37.3 Å². The van der Waals surface area contributed by atoms with Crippen molar-refractivity contribution in [2.45, 2.75) is 11.8 Å². The van der Waals surface area contributed by atoms with Crippen LogP contribution in [0, 0.1) is 6.92 Å². The first kappa shape index (κ1) is 13.5. The van der Waals surface area contributed by atoms with Crippen LogP contribution in [0.25, 0.3) is 0 Å². The van der Waals surface area contributed by atoms with Crippen molar-refractivity contribution in [1.29, 1.82) is 0 Å². The van der Waals surface area contributed by atoms with E-state index in [1.807, 2.05) is 36.0 Å². The molecule has 0 fully saturated rings. The highest BCUT2D eigenvalue weighted by Crippen LogP contribution is 2.20. The van der Waals surface area contributed by atoms with Crippen LogP contribution in [-0.2, 0) is 0 Å². The Bertz CT molecular complexity index is 496. The van der Waals surface area contributed by atoms with Gasteiger partial charge in [-0.15, -0.1) is 11.8 Å². The third-order valence-electron chi connectivity index (χ3n) is 2.44. The van der Waals surface area contributed by atoms with Gasteiger partial charge in [-0.1, -0.05) is 39.7 Å². The molecule has 2 rings (SSSR count). The Morgan fingerprint density at radius 3 is 2.61 bits per heavy atom. The largest absolute Gasteiger partial charge is 0.493 e. The topological polar surface area (TPSA) is 9.23 Å². The molecule has 0 radical (unpaired) electrons. The van der Waals surface area contributed by atoms with Crippen LogP contribution in [0.4, 0.5) is 0 Å². The molecular weight excluding hydrogens is 308 g/mol. The van der Waals surface area contributed by atoms with Crippen molar-refractivity contribution in [2.75, 3.05) is 12.4 Å². The van der Waals surface area contributed by atoms with E-state index in [1.165, 1.54) is 10.5 Å². The van der Waals surface area contributed by atoms with E-state index in [-0.39, 0.29) is 0 Å². The van der Waals surface area contributed by atoms with Crippen molar-refractivity contribution in [3.8, 4) is 5.75 Å². The third-order valence-corrected chi connectivity index (χ3v) is 3.91. The second kappa shape index (κ2) is 6.86. The summed E-state index contributed by atoms with van der Waals surface area (Å²) >= 11 is 5.25. The highest BCUT2D eigenvalue weighted by Gasteiger charge is 1.96. The summed E-state index contributed by atoms with van der Waals surface area (Å²) in [5, 5.41) is 0. The van der Waals surface area contributed by atoms with E-state index >= 15 is 0 Å².